The first-order valence-electron chi connectivity index (χ1n) is 5.46. The van der Waals surface area contributed by atoms with Crippen molar-refractivity contribution in [2.45, 2.75) is 20.3 Å². The lowest BCUT2D eigenvalue weighted by atomic mass is 9.65. The Balaban J connectivity index is 3.40. The highest BCUT2D eigenvalue weighted by Gasteiger charge is 2.45. The standard InChI is InChI=1S/C12H17NO4/c1-3-12(2)8(10(14)15)5-4-7(6-13)9(12)11(16)17/h4-5,8H,3,6,13H2,1-2H3,(H,14,15)(H,16,17). The van der Waals surface area contributed by atoms with Gasteiger partial charge in [0.05, 0.1) is 5.92 Å². The van der Waals surface area contributed by atoms with Crippen molar-refractivity contribution in [3.63, 3.8) is 0 Å². The van der Waals surface area contributed by atoms with Crippen LogP contribution in [0.25, 0.3) is 0 Å². The molecule has 0 aromatic rings. The van der Waals surface area contributed by atoms with Crippen molar-refractivity contribution in [2.75, 3.05) is 6.54 Å². The third-order valence-electron chi connectivity index (χ3n) is 3.50. The van der Waals surface area contributed by atoms with Crippen molar-refractivity contribution < 1.29 is 19.8 Å². The molecule has 94 valence electrons. The first-order chi connectivity index (χ1) is 7.88. The van der Waals surface area contributed by atoms with E-state index in [-0.39, 0.29) is 12.1 Å². The molecular weight excluding hydrogens is 222 g/mol. The van der Waals surface area contributed by atoms with Gasteiger partial charge in [-0.05, 0) is 12.0 Å². The predicted molar refractivity (Wildman–Crippen MR) is 62.4 cm³/mol. The van der Waals surface area contributed by atoms with Crippen molar-refractivity contribution in [1.29, 1.82) is 0 Å². The normalized spacial score (nSPS) is 28.3. The Morgan fingerprint density at radius 1 is 1.47 bits per heavy atom. The lowest BCUT2D eigenvalue weighted by molar-refractivity contribution is -0.144. The molecule has 2 unspecified atom stereocenters. The van der Waals surface area contributed by atoms with Crippen LogP contribution in [-0.4, -0.2) is 28.7 Å². The van der Waals surface area contributed by atoms with Gasteiger partial charge in [-0.3, -0.25) is 4.79 Å². The topological polar surface area (TPSA) is 101 Å². The summed E-state index contributed by atoms with van der Waals surface area (Å²) in [6, 6.07) is 0. The molecule has 0 aromatic heterocycles. The third kappa shape index (κ3) is 2.10. The molecule has 5 nitrogen and oxygen atoms in total. The van der Waals surface area contributed by atoms with E-state index in [1.54, 1.807) is 13.8 Å². The van der Waals surface area contributed by atoms with Gasteiger partial charge in [0.2, 0.25) is 0 Å². The van der Waals surface area contributed by atoms with Crippen molar-refractivity contribution in [3.05, 3.63) is 23.3 Å². The van der Waals surface area contributed by atoms with Crippen LogP contribution in [0.2, 0.25) is 0 Å². The molecule has 0 saturated heterocycles. The Labute approximate surface area is 99.6 Å². The molecule has 0 aromatic carbocycles. The summed E-state index contributed by atoms with van der Waals surface area (Å²) >= 11 is 0. The van der Waals surface area contributed by atoms with Crippen LogP contribution in [0.5, 0.6) is 0 Å². The van der Waals surface area contributed by atoms with E-state index in [4.69, 9.17) is 10.8 Å². The van der Waals surface area contributed by atoms with Crippen LogP contribution in [0.4, 0.5) is 0 Å². The van der Waals surface area contributed by atoms with E-state index in [1.165, 1.54) is 12.2 Å². The number of hydrogen-bond acceptors (Lipinski definition) is 3. The lowest BCUT2D eigenvalue weighted by Gasteiger charge is -2.37. The Morgan fingerprint density at radius 2 is 2.06 bits per heavy atom. The average Bonchev–Trinajstić information content (AvgIpc) is 2.27. The van der Waals surface area contributed by atoms with Gasteiger partial charge in [0, 0.05) is 17.5 Å². The second-order valence-corrected chi connectivity index (χ2v) is 4.36. The Bertz CT molecular complexity index is 411. The van der Waals surface area contributed by atoms with Gasteiger partial charge in [-0.25, -0.2) is 4.79 Å². The molecular formula is C12H17NO4. The van der Waals surface area contributed by atoms with Gasteiger partial charge in [-0.15, -0.1) is 0 Å². The predicted octanol–water partition coefficient (Wildman–Crippen LogP) is 1.01. The van der Waals surface area contributed by atoms with Crippen LogP contribution in [0.1, 0.15) is 20.3 Å². The summed E-state index contributed by atoms with van der Waals surface area (Å²) in [5, 5.41) is 18.4. The van der Waals surface area contributed by atoms with Crippen LogP contribution >= 0.6 is 0 Å². The maximum absolute atomic E-state index is 11.3. The fraction of sp³-hybridized carbons (Fsp3) is 0.500. The molecule has 0 heterocycles. The van der Waals surface area contributed by atoms with Gasteiger partial charge in [-0.1, -0.05) is 26.0 Å². The molecule has 4 N–H and O–H groups in total. The molecule has 0 radical (unpaired) electrons. The highest BCUT2D eigenvalue weighted by molar-refractivity contribution is 5.92. The van der Waals surface area contributed by atoms with Crippen LogP contribution in [-0.2, 0) is 9.59 Å². The van der Waals surface area contributed by atoms with E-state index in [0.717, 1.165) is 0 Å². The SMILES string of the molecule is CCC1(C)C(C(=O)O)=C(CN)C=CC1C(=O)O. The molecule has 0 fully saturated rings. The zero-order valence-corrected chi connectivity index (χ0v) is 9.93. The minimum atomic E-state index is -1.09. The summed E-state index contributed by atoms with van der Waals surface area (Å²) in [5.41, 5.74) is 5.22. The Kier molecular flexibility index (Phi) is 3.72. The van der Waals surface area contributed by atoms with Gasteiger partial charge in [0.25, 0.3) is 0 Å². The molecule has 0 amide bonds. The molecule has 1 rings (SSSR count). The van der Waals surface area contributed by atoms with E-state index >= 15 is 0 Å². The molecule has 1 aliphatic rings. The molecule has 0 aliphatic heterocycles. The quantitative estimate of drug-likeness (QED) is 0.679. The van der Waals surface area contributed by atoms with Crippen LogP contribution in [0.15, 0.2) is 23.3 Å². The van der Waals surface area contributed by atoms with Gasteiger partial charge >= 0.3 is 11.9 Å². The fourth-order valence-electron chi connectivity index (χ4n) is 2.33. The van der Waals surface area contributed by atoms with Gasteiger partial charge < -0.3 is 15.9 Å². The maximum atomic E-state index is 11.3. The van der Waals surface area contributed by atoms with Gasteiger partial charge in [-0.2, -0.15) is 0 Å². The monoisotopic (exact) mass is 239 g/mol. The van der Waals surface area contributed by atoms with Crippen molar-refractivity contribution >= 4 is 11.9 Å². The highest BCUT2D eigenvalue weighted by Crippen LogP contribution is 2.44. The molecule has 2 atom stereocenters. The molecule has 0 saturated carbocycles. The number of carboxylic acid groups (broad SMARTS) is 2. The Hall–Kier alpha value is -1.62. The minimum Gasteiger partial charge on any atom is -0.481 e. The summed E-state index contributed by atoms with van der Waals surface area (Å²) in [7, 11) is 0. The zero-order chi connectivity index (χ0) is 13.2. The Morgan fingerprint density at radius 3 is 2.41 bits per heavy atom. The second-order valence-electron chi connectivity index (χ2n) is 4.36. The summed E-state index contributed by atoms with van der Waals surface area (Å²) < 4.78 is 0. The van der Waals surface area contributed by atoms with Crippen LogP contribution in [0, 0.1) is 11.3 Å². The van der Waals surface area contributed by atoms with E-state index in [2.05, 4.69) is 0 Å². The van der Waals surface area contributed by atoms with Crippen LogP contribution in [0.3, 0.4) is 0 Å². The average molecular weight is 239 g/mol. The number of hydrogen-bond donors (Lipinski definition) is 3. The minimum absolute atomic E-state index is 0.0973. The first-order valence-corrected chi connectivity index (χ1v) is 5.46. The summed E-state index contributed by atoms with van der Waals surface area (Å²) in [6.07, 6.45) is 3.47. The molecule has 0 bridgehead atoms. The fourth-order valence-corrected chi connectivity index (χ4v) is 2.33. The van der Waals surface area contributed by atoms with E-state index in [1.807, 2.05) is 0 Å². The number of nitrogens with two attached hydrogens (primary N) is 1. The van der Waals surface area contributed by atoms with Gasteiger partial charge in [0.15, 0.2) is 0 Å². The summed E-state index contributed by atoms with van der Waals surface area (Å²) in [6.45, 7) is 3.54. The van der Waals surface area contributed by atoms with E-state index in [0.29, 0.717) is 12.0 Å². The molecule has 5 heteroatoms. The lowest BCUT2D eigenvalue weighted by Crippen LogP contribution is -2.39. The van der Waals surface area contributed by atoms with E-state index < -0.39 is 23.3 Å². The van der Waals surface area contributed by atoms with Crippen molar-refractivity contribution in [3.8, 4) is 0 Å². The summed E-state index contributed by atoms with van der Waals surface area (Å²) in [4.78, 5) is 22.5. The maximum Gasteiger partial charge on any atom is 0.332 e. The first kappa shape index (κ1) is 13.4. The number of rotatable bonds is 4. The molecule has 17 heavy (non-hydrogen) atoms. The largest absolute Gasteiger partial charge is 0.481 e. The van der Waals surface area contributed by atoms with Crippen molar-refractivity contribution in [1.82, 2.24) is 0 Å². The third-order valence-corrected chi connectivity index (χ3v) is 3.50. The van der Waals surface area contributed by atoms with E-state index in [9.17, 15) is 14.7 Å². The second kappa shape index (κ2) is 4.71. The van der Waals surface area contributed by atoms with Crippen LogP contribution < -0.4 is 5.73 Å². The van der Waals surface area contributed by atoms with Crippen molar-refractivity contribution in [2.24, 2.45) is 17.1 Å². The molecule has 0 spiro atoms. The smallest absolute Gasteiger partial charge is 0.332 e. The number of carbonyl (C=O) groups is 2. The molecule has 1 aliphatic carbocycles. The number of carboxylic acids is 2. The summed E-state index contributed by atoms with van der Waals surface area (Å²) in [5.74, 6) is -2.93. The highest BCUT2D eigenvalue weighted by atomic mass is 16.4. The number of aliphatic carboxylic acids is 2. The van der Waals surface area contributed by atoms with Gasteiger partial charge in [0.1, 0.15) is 0 Å². The zero-order valence-electron chi connectivity index (χ0n) is 9.93.